The third kappa shape index (κ3) is 3.88. The largest absolute Gasteiger partial charge is 0.385 e. The number of hydrogen-bond acceptors (Lipinski definition) is 4. The Morgan fingerprint density at radius 2 is 2.08 bits per heavy atom. The average Bonchev–Trinajstić information content (AvgIpc) is 2.62. The molecular weight excluding hydrogens is 389 g/mol. The fourth-order valence-corrected chi connectivity index (χ4v) is 2.91. The molecule has 130 valence electrons. The van der Waals surface area contributed by atoms with Gasteiger partial charge in [-0.05, 0) is 42.0 Å². The highest BCUT2D eigenvalue weighted by atomic mass is 79.9. The zero-order valence-corrected chi connectivity index (χ0v) is 14.9. The maximum atomic E-state index is 13.8. The van der Waals surface area contributed by atoms with Gasteiger partial charge in [0.1, 0.15) is 24.7 Å². The summed E-state index contributed by atoms with van der Waals surface area (Å²) < 4.78 is 20.0. The number of anilines is 1. The number of nitrogens with two attached hydrogens (primary N) is 1. The highest BCUT2D eigenvalue weighted by Crippen LogP contribution is 2.31. The molecule has 2 aromatic carbocycles. The summed E-state index contributed by atoms with van der Waals surface area (Å²) in [6.45, 7) is -0.437. The number of ether oxygens (including phenoxy) is 1. The summed E-state index contributed by atoms with van der Waals surface area (Å²) in [6, 6.07) is 13.9. The molecule has 0 aromatic heterocycles. The van der Waals surface area contributed by atoms with Crippen molar-refractivity contribution in [1.29, 1.82) is 0 Å². The number of benzene rings is 2. The first-order valence-electron chi connectivity index (χ1n) is 7.68. The molecule has 1 atom stereocenters. The third-order valence-electron chi connectivity index (χ3n) is 3.93. The van der Waals surface area contributed by atoms with Gasteiger partial charge in [-0.2, -0.15) is 0 Å². The van der Waals surface area contributed by atoms with E-state index in [0.29, 0.717) is 16.8 Å². The molecule has 2 aromatic rings. The molecule has 1 unspecified atom stereocenters. The smallest absolute Gasteiger partial charge is 0.255 e. The van der Waals surface area contributed by atoms with Gasteiger partial charge in [0.05, 0.1) is 6.61 Å². The van der Waals surface area contributed by atoms with Crippen molar-refractivity contribution < 1.29 is 13.9 Å². The molecule has 1 heterocycles. The van der Waals surface area contributed by atoms with Crippen molar-refractivity contribution in [1.82, 2.24) is 0 Å². The lowest BCUT2D eigenvalue weighted by atomic mass is 9.91. The van der Waals surface area contributed by atoms with Crippen molar-refractivity contribution in [3.05, 3.63) is 64.1 Å². The van der Waals surface area contributed by atoms with Crippen molar-refractivity contribution in [2.75, 3.05) is 25.2 Å². The molecule has 1 aliphatic rings. The lowest BCUT2D eigenvalue weighted by Crippen LogP contribution is -2.41. The summed E-state index contributed by atoms with van der Waals surface area (Å²) >= 11 is 3.33. The molecule has 7 heteroatoms. The van der Waals surface area contributed by atoms with Crippen LogP contribution in [0.4, 0.5) is 10.1 Å². The van der Waals surface area contributed by atoms with E-state index < -0.39 is 12.2 Å². The van der Waals surface area contributed by atoms with Gasteiger partial charge >= 0.3 is 0 Å². The second kappa shape index (κ2) is 7.33. The lowest BCUT2D eigenvalue weighted by Gasteiger charge is -2.31. The van der Waals surface area contributed by atoms with Gasteiger partial charge in [-0.25, -0.2) is 4.39 Å². The van der Waals surface area contributed by atoms with Crippen LogP contribution in [0.25, 0.3) is 0 Å². The fourth-order valence-electron chi connectivity index (χ4n) is 2.65. The maximum Gasteiger partial charge on any atom is 0.255 e. The van der Waals surface area contributed by atoms with Crippen molar-refractivity contribution in [3.63, 3.8) is 0 Å². The molecule has 0 aliphatic carbocycles. The van der Waals surface area contributed by atoms with Gasteiger partial charge in [0.25, 0.3) is 5.91 Å². The fraction of sp³-hybridized carbons (Fsp3) is 0.222. The van der Waals surface area contributed by atoms with Crippen LogP contribution < -0.4 is 11.1 Å². The lowest BCUT2D eigenvalue weighted by molar-refractivity contribution is 0.0828. The number of aliphatic imine (C=N–C) groups is 1. The van der Waals surface area contributed by atoms with Crippen LogP contribution in [0.3, 0.4) is 0 Å². The van der Waals surface area contributed by atoms with Gasteiger partial charge in [-0.15, -0.1) is 0 Å². The topological polar surface area (TPSA) is 76.7 Å². The average molecular weight is 406 g/mol. The van der Waals surface area contributed by atoms with E-state index in [0.717, 1.165) is 4.47 Å². The summed E-state index contributed by atoms with van der Waals surface area (Å²) in [7, 11) is 0. The summed E-state index contributed by atoms with van der Waals surface area (Å²) in [5.41, 5.74) is 6.23. The Labute approximate surface area is 153 Å². The molecule has 3 N–H and O–H groups in total. The molecule has 3 rings (SSSR count). The highest BCUT2D eigenvalue weighted by molar-refractivity contribution is 9.10. The summed E-state index contributed by atoms with van der Waals surface area (Å²) in [4.78, 5) is 16.6. The van der Waals surface area contributed by atoms with E-state index >= 15 is 0 Å². The van der Waals surface area contributed by atoms with Crippen molar-refractivity contribution in [2.24, 2.45) is 10.7 Å². The Kier molecular flexibility index (Phi) is 5.15. The Balaban J connectivity index is 1.85. The molecule has 0 spiro atoms. The number of nitrogens with one attached hydrogen (secondary N) is 1. The molecule has 1 amide bonds. The second-order valence-electron chi connectivity index (χ2n) is 5.80. The van der Waals surface area contributed by atoms with Crippen molar-refractivity contribution >= 4 is 33.4 Å². The molecule has 0 radical (unpaired) electrons. The van der Waals surface area contributed by atoms with Crippen LogP contribution >= 0.6 is 15.9 Å². The van der Waals surface area contributed by atoms with Crippen LogP contribution in [0.15, 0.2) is 58.0 Å². The number of hydrogen-bond donors (Lipinski definition) is 2. The van der Waals surface area contributed by atoms with Crippen molar-refractivity contribution in [2.45, 2.75) is 5.54 Å². The molecule has 0 saturated heterocycles. The number of amidine groups is 1. The number of rotatable bonds is 4. The van der Waals surface area contributed by atoms with E-state index in [9.17, 15) is 9.18 Å². The van der Waals surface area contributed by atoms with Gasteiger partial charge in [0, 0.05) is 15.7 Å². The number of carbonyl (C=O) groups is 1. The van der Waals surface area contributed by atoms with Crippen LogP contribution in [0, 0.1) is 0 Å². The summed E-state index contributed by atoms with van der Waals surface area (Å²) in [5.74, 6) is 0.00931. The monoisotopic (exact) mass is 405 g/mol. The Morgan fingerprint density at radius 1 is 1.32 bits per heavy atom. The minimum atomic E-state index is -1.17. The van der Waals surface area contributed by atoms with E-state index in [1.807, 2.05) is 0 Å². The van der Waals surface area contributed by atoms with E-state index in [1.54, 1.807) is 48.5 Å². The molecule has 0 bridgehead atoms. The van der Waals surface area contributed by atoms with Crippen LogP contribution in [0.5, 0.6) is 0 Å². The zero-order valence-electron chi connectivity index (χ0n) is 13.3. The van der Waals surface area contributed by atoms with Crippen LogP contribution in [-0.4, -0.2) is 31.6 Å². The number of carbonyl (C=O) groups excluding carboxylic acids is 1. The maximum absolute atomic E-state index is 13.8. The molecule has 5 nitrogen and oxygen atoms in total. The third-order valence-corrected chi connectivity index (χ3v) is 4.46. The Bertz CT molecular complexity index is 810. The van der Waals surface area contributed by atoms with E-state index in [1.165, 1.54) is 0 Å². The standard InChI is InChI=1S/C18H17BrFN3O2/c19-14-6-4-12(5-7-14)17(24)22-15-3-1-2-13(8-15)18(10-20)11-25-9-16(21)23-18/h1-8H,9-11H2,(H2,21,23)(H,22,24). The summed E-state index contributed by atoms with van der Waals surface area (Å²) in [5, 5.41) is 2.81. The van der Waals surface area contributed by atoms with Gasteiger partial charge < -0.3 is 15.8 Å². The number of nitrogens with zero attached hydrogens (tertiary/aromatic N) is 1. The van der Waals surface area contributed by atoms with Gasteiger partial charge in [-0.3, -0.25) is 9.79 Å². The quantitative estimate of drug-likeness (QED) is 0.819. The van der Waals surface area contributed by atoms with Crippen LogP contribution in [-0.2, 0) is 10.3 Å². The Hall–Kier alpha value is -2.25. The first-order valence-corrected chi connectivity index (χ1v) is 8.47. The zero-order chi connectivity index (χ0) is 17.9. The molecule has 1 aliphatic heterocycles. The minimum Gasteiger partial charge on any atom is -0.385 e. The van der Waals surface area contributed by atoms with Gasteiger partial charge in [-0.1, -0.05) is 28.1 Å². The molecule has 25 heavy (non-hydrogen) atoms. The van der Waals surface area contributed by atoms with Crippen LogP contribution in [0.1, 0.15) is 15.9 Å². The number of alkyl halides is 1. The van der Waals surface area contributed by atoms with Gasteiger partial charge in [0.2, 0.25) is 0 Å². The SMILES string of the molecule is NC1=NC(CF)(c2cccc(NC(=O)c3ccc(Br)cc3)c2)COC1. The summed E-state index contributed by atoms with van der Waals surface area (Å²) in [6.07, 6.45) is 0. The van der Waals surface area contributed by atoms with Gasteiger partial charge in [0.15, 0.2) is 0 Å². The van der Waals surface area contributed by atoms with E-state index in [-0.39, 0.29) is 25.0 Å². The van der Waals surface area contributed by atoms with E-state index in [2.05, 4.69) is 26.2 Å². The highest BCUT2D eigenvalue weighted by Gasteiger charge is 2.35. The number of amides is 1. The molecule has 0 saturated carbocycles. The minimum absolute atomic E-state index is 0.105. The molecule has 0 fully saturated rings. The van der Waals surface area contributed by atoms with E-state index in [4.69, 9.17) is 10.5 Å². The Morgan fingerprint density at radius 3 is 2.76 bits per heavy atom. The predicted molar refractivity (Wildman–Crippen MR) is 98.6 cm³/mol. The van der Waals surface area contributed by atoms with Crippen LogP contribution in [0.2, 0.25) is 0 Å². The number of halogens is 2. The second-order valence-corrected chi connectivity index (χ2v) is 6.72. The first kappa shape index (κ1) is 17.6. The van der Waals surface area contributed by atoms with Crippen molar-refractivity contribution in [3.8, 4) is 0 Å². The first-order chi connectivity index (χ1) is 12.0. The normalized spacial score (nSPS) is 20.0. The molecular formula is C18H17BrFN3O2. The predicted octanol–water partition coefficient (Wildman–Crippen LogP) is 3.25.